The number of rotatable bonds is 11. The number of benzene rings is 2. The number of anilines is 2. The minimum absolute atomic E-state index is 0.156. The van der Waals surface area contributed by atoms with Crippen molar-refractivity contribution in [3.8, 4) is 11.5 Å². The number of amides is 2. The number of nitrogens with zero attached hydrogens (tertiary/aromatic N) is 1. The van der Waals surface area contributed by atoms with E-state index in [4.69, 9.17) is 9.52 Å². The van der Waals surface area contributed by atoms with Gasteiger partial charge in [0, 0.05) is 30.9 Å². The van der Waals surface area contributed by atoms with Gasteiger partial charge in [-0.25, -0.2) is 9.78 Å². The average Bonchev–Trinajstić information content (AvgIpc) is 3.19. The highest BCUT2D eigenvalue weighted by atomic mass is 16.4. The van der Waals surface area contributed by atoms with Crippen molar-refractivity contribution in [2.24, 2.45) is 0 Å². The summed E-state index contributed by atoms with van der Waals surface area (Å²) >= 11 is 0. The lowest BCUT2D eigenvalue weighted by atomic mass is 10.1. The molecule has 1 heterocycles. The van der Waals surface area contributed by atoms with Crippen LogP contribution in [0.1, 0.15) is 39.0 Å². The van der Waals surface area contributed by atoms with Crippen LogP contribution in [0.25, 0.3) is 22.6 Å². The summed E-state index contributed by atoms with van der Waals surface area (Å²) in [4.78, 5) is 27.3. The van der Waals surface area contributed by atoms with Crippen molar-refractivity contribution in [3.63, 3.8) is 0 Å². The summed E-state index contributed by atoms with van der Waals surface area (Å²) in [7, 11) is 0. The van der Waals surface area contributed by atoms with Crippen LogP contribution in [0.3, 0.4) is 0 Å². The van der Waals surface area contributed by atoms with Crippen LogP contribution >= 0.6 is 0 Å². The highest BCUT2D eigenvalue weighted by Crippen LogP contribution is 2.32. The number of oxazole rings is 1. The Morgan fingerprint density at radius 2 is 1.90 bits per heavy atom. The SMILES string of the molecule is CCCNc1ccc(NC(=O)NCCCCCC(=O)O)cc1-c1nc2ccccc2o1. The Labute approximate surface area is 181 Å². The predicted molar refractivity (Wildman–Crippen MR) is 121 cm³/mol. The van der Waals surface area contributed by atoms with Gasteiger partial charge < -0.3 is 25.5 Å². The second kappa shape index (κ2) is 11.0. The van der Waals surface area contributed by atoms with Crippen molar-refractivity contribution in [1.29, 1.82) is 0 Å². The number of carbonyl (C=O) groups excluding carboxylic acids is 1. The van der Waals surface area contributed by atoms with Gasteiger partial charge in [-0.15, -0.1) is 0 Å². The first-order valence-corrected chi connectivity index (χ1v) is 10.6. The van der Waals surface area contributed by atoms with Gasteiger partial charge in [0.05, 0.1) is 5.56 Å². The van der Waals surface area contributed by atoms with Crippen molar-refractivity contribution in [3.05, 3.63) is 42.5 Å². The van der Waals surface area contributed by atoms with E-state index in [0.717, 1.165) is 42.6 Å². The second-order valence-corrected chi connectivity index (χ2v) is 7.26. The predicted octanol–water partition coefficient (Wildman–Crippen LogP) is 5.08. The number of carbonyl (C=O) groups is 2. The van der Waals surface area contributed by atoms with Crippen molar-refractivity contribution in [2.45, 2.75) is 39.0 Å². The van der Waals surface area contributed by atoms with Gasteiger partial charge in [0.25, 0.3) is 0 Å². The summed E-state index contributed by atoms with van der Waals surface area (Å²) in [5, 5.41) is 17.7. The summed E-state index contributed by atoms with van der Waals surface area (Å²) in [5.74, 6) is -0.306. The maximum absolute atomic E-state index is 12.2. The molecular formula is C23H28N4O4. The van der Waals surface area contributed by atoms with E-state index < -0.39 is 5.97 Å². The minimum Gasteiger partial charge on any atom is -0.481 e. The normalized spacial score (nSPS) is 10.7. The highest BCUT2D eigenvalue weighted by molar-refractivity contribution is 5.91. The molecule has 2 amide bonds. The molecule has 8 nitrogen and oxygen atoms in total. The Morgan fingerprint density at radius 1 is 1.06 bits per heavy atom. The molecule has 0 spiro atoms. The molecule has 0 aliphatic rings. The molecule has 4 N–H and O–H groups in total. The number of fused-ring (bicyclic) bond motifs is 1. The lowest BCUT2D eigenvalue weighted by Crippen LogP contribution is -2.29. The highest BCUT2D eigenvalue weighted by Gasteiger charge is 2.14. The molecule has 0 saturated heterocycles. The number of hydrogen-bond acceptors (Lipinski definition) is 5. The Bertz CT molecular complexity index is 998. The Balaban J connectivity index is 1.66. The van der Waals surface area contributed by atoms with Gasteiger partial charge in [-0.3, -0.25) is 4.79 Å². The lowest BCUT2D eigenvalue weighted by molar-refractivity contribution is -0.137. The Hall–Kier alpha value is -3.55. The van der Waals surface area contributed by atoms with E-state index in [1.165, 1.54) is 0 Å². The van der Waals surface area contributed by atoms with Gasteiger partial charge in [-0.1, -0.05) is 25.5 Å². The minimum atomic E-state index is -0.794. The number of aromatic nitrogens is 1. The van der Waals surface area contributed by atoms with Crippen molar-refractivity contribution < 1.29 is 19.1 Å². The smallest absolute Gasteiger partial charge is 0.319 e. The topological polar surface area (TPSA) is 116 Å². The molecule has 2 aromatic carbocycles. The molecule has 31 heavy (non-hydrogen) atoms. The van der Waals surface area contributed by atoms with E-state index in [2.05, 4.69) is 27.9 Å². The third-order valence-electron chi connectivity index (χ3n) is 4.72. The molecule has 3 rings (SSSR count). The zero-order valence-corrected chi connectivity index (χ0v) is 17.6. The fourth-order valence-electron chi connectivity index (χ4n) is 3.16. The molecule has 0 bridgehead atoms. The molecular weight excluding hydrogens is 396 g/mol. The molecule has 0 aliphatic carbocycles. The average molecular weight is 425 g/mol. The first kappa shape index (κ1) is 22.1. The molecule has 3 aromatic rings. The third-order valence-corrected chi connectivity index (χ3v) is 4.72. The fourth-order valence-corrected chi connectivity index (χ4v) is 3.16. The van der Waals surface area contributed by atoms with E-state index in [1.807, 2.05) is 42.5 Å². The number of carboxylic acids is 1. The van der Waals surface area contributed by atoms with Crippen LogP contribution in [0.2, 0.25) is 0 Å². The summed E-state index contributed by atoms with van der Waals surface area (Å²) < 4.78 is 5.93. The van der Waals surface area contributed by atoms with Gasteiger partial charge in [0.2, 0.25) is 5.89 Å². The zero-order chi connectivity index (χ0) is 22.1. The second-order valence-electron chi connectivity index (χ2n) is 7.26. The fraction of sp³-hybridized carbons (Fsp3) is 0.348. The van der Waals surface area contributed by atoms with Crippen LogP contribution in [0.5, 0.6) is 0 Å². The van der Waals surface area contributed by atoms with E-state index in [0.29, 0.717) is 30.1 Å². The largest absolute Gasteiger partial charge is 0.481 e. The first-order chi connectivity index (χ1) is 15.1. The Kier molecular flexibility index (Phi) is 7.86. The van der Waals surface area contributed by atoms with Gasteiger partial charge in [0.1, 0.15) is 5.52 Å². The molecule has 0 radical (unpaired) electrons. The molecule has 0 aliphatic heterocycles. The molecule has 0 fully saturated rings. The van der Waals surface area contributed by atoms with E-state index in [1.54, 1.807) is 0 Å². The monoisotopic (exact) mass is 424 g/mol. The molecule has 0 unspecified atom stereocenters. The third kappa shape index (κ3) is 6.47. The van der Waals surface area contributed by atoms with Crippen molar-refractivity contribution in [2.75, 3.05) is 23.7 Å². The molecule has 1 aromatic heterocycles. The number of aliphatic carboxylic acids is 1. The zero-order valence-electron chi connectivity index (χ0n) is 17.6. The van der Waals surface area contributed by atoms with E-state index in [9.17, 15) is 9.59 Å². The van der Waals surface area contributed by atoms with Gasteiger partial charge >= 0.3 is 12.0 Å². The number of nitrogens with one attached hydrogen (secondary N) is 3. The lowest BCUT2D eigenvalue weighted by Gasteiger charge is -2.12. The molecule has 0 atom stereocenters. The first-order valence-electron chi connectivity index (χ1n) is 10.6. The number of carboxylic acid groups (broad SMARTS) is 1. The summed E-state index contributed by atoms with van der Waals surface area (Å²) in [5.41, 5.74) is 3.77. The van der Waals surface area contributed by atoms with Crippen LogP contribution in [0, 0.1) is 0 Å². The number of unbranched alkanes of at least 4 members (excludes halogenated alkanes) is 2. The molecule has 8 heteroatoms. The van der Waals surface area contributed by atoms with Crippen molar-refractivity contribution in [1.82, 2.24) is 10.3 Å². The van der Waals surface area contributed by atoms with Crippen LogP contribution in [-0.4, -0.2) is 35.2 Å². The van der Waals surface area contributed by atoms with Crippen molar-refractivity contribution >= 4 is 34.5 Å². The standard InChI is InChI=1S/C23H28N4O4/c1-2-13-24-18-12-11-16(26-23(30)25-14-7-3-4-10-21(28)29)15-17(18)22-27-19-8-5-6-9-20(19)31-22/h5-6,8-9,11-12,15,24H,2-4,7,10,13-14H2,1H3,(H,28,29)(H2,25,26,30). The summed E-state index contributed by atoms with van der Waals surface area (Å²) in [6, 6.07) is 12.8. The van der Waals surface area contributed by atoms with Crippen LogP contribution in [-0.2, 0) is 4.79 Å². The maximum Gasteiger partial charge on any atom is 0.319 e. The number of para-hydroxylation sites is 2. The van der Waals surface area contributed by atoms with Gasteiger partial charge in [-0.2, -0.15) is 0 Å². The maximum atomic E-state index is 12.2. The molecule has 164 valence electrons. The molecule has 0 saturated carbocycles. The van der Waals surface area contributed by atoms with Gasteiger partial charge in [-0.05, 0) is 49.6 Å². The summed E-state index contributed by atoms with van der Waals surface area (Å²) in [6.07, 6.45) is 3.23. The van der Waals surface area contributed by atoms with Gasteiger partial charge in [0.15, 0.2) is 5.58 Å². The number of hydrogen-bond donors (Lipinski definition) is 4. The van der Waals surface area contributed by atoms with E-state index >= 15 is 0 Å². The van der Waals surface area contributed by atoms with Crippen LogP contribution in [0.15, 0.2) is 46.9 Å². The summed E-state index contributed by atoms with van der Waals surface area (Å²) in [6.45, 7) is 3.38. The number of urea groups is 1. The Morgan fingerprint density at radius 3 is 2.68 bits per heavy atom. The van der Waals surface area contributed by atoms with Crippen LogP contribution in [0.4, 0.5) is 16.2 Å². The van der Waals surface area contributed by atoms with Crippen LogP contribution < -0.4 is 16.0 Å². The quantitative estimate of drug-likeness (QED) is 0.319. The van der Waals surface area contributed by atoms with E-state index in [-0.39, 0.29) is 12.5 Å².